The number of carbonyl (C=O) groups excluding carboxylic acids is 1. The number of aryl methyl sites for hydroxylation is 1. The quantitative estimate of drug-likeness (QED) is 0.788. The molecule has 6 heteroatoms. The molecule has 2 rings (SSSR count). The van der Waals surface area contributed by atoms with Gasteiger partial charge in [0.05, 0.1) is 18.4 Å². The highest BCUT2D eigenvalue weighted by Gasteiger charge is 2.26. The van der Waals surface area contributed by atoms with E-state index in [1.54, 1.807) is 13.3 Å². The molecule has 0 aromatic carbocycles. The van der Waals surface area contributed by atoms with E-state index in [0.29, 0.717) is 5.92 Å². The number of nitrogens with zero attached hydrogens (tertiary/aromatic N) is 3. The fourth-order valence-electron chi connectivity index (χ4n) is 3.10. The Morgan fingerprint density at radius 1 is 1.59 bits per heavy atom. The van der Waals surface area contributed by atoms with Gasteiger partial charge in [-0.05, 0) is 25.3 Å². The minimum atomic E-state index is 0.0764. The molecule has 0 spiro atoms. The van der Waals surface area contributed by atoms with E-state index in [0.717, 1.165) is 63.3 Å². The van der Waals surface area contributed by atoms with Crippen LogP contribution in [0, 0.1) is 5.92 Å². The molecule has 1 aliphatic heterocycles. The third-order valence-corrected chi connectivity index (χ3v) is 4.31. The topological polar surface area (TPSA) is 61.5 Å². The molecule has 1 aromatic rings. The smallest absolute Gasteiger partial charge is 0.257 e. The molecule has 0 saturated carbocycles. The van der Waals surface area contributed by atoms with Crippen LogP contribution in [-0.2, 0) is 11.2 Å². The van der Waals surface area contributed by atoms with Crippen LogP contribution in [0.2, 0.25) is 0 Å². The molecule has 6 nitrogen and oxygen atoms in total. The maximum atomic E-state index is 12.6. The van der Waals surface area contributed by atoms with E-state index in [2.05, 4.69) is 22.0 Å². The summed E-state index contributed by atoms with van der Waals surface area (Å²) in [6.45, 7) is 6.81. The minimum Gasteiger partial charge on any atom is -0.383 e. The van der Waals surface area contributed by atoms with Crippen molar-refractivity contribution in [3.63, 3.8) is 0 Å². The molecule has 22 heavy (non-hydrogen) atoms. The van der Waals surface area contributed by atoms with Crippen molar-refractivity contribution in [3.05, 3.63) is 17.5 Å². The molecular weight excluding hydrogens is 280 g/mol. The summed E-state index contributed by atoms with van der Waals surface area (Å²) in [6.07, 6.45) is 4.67. The largest absolute Gasteiger partial charge is 0.383 e. The Kier molecular flexibility index (Phi) is 6.39. The molecule has 1 aromatic heterocycles. The molecule has 1 fully saturated rings. The fraction of sp³-hybridized carbons (Fsp3) is 0.750. The summed E-state index contributed by atoms with van der Waals surface area (Å²) >= 11 is 0. The summed E-state index contributed by atoms with van der Waals surface area (Å²) in [4.78, 5) is 16.8. The molecule has 1 amide bonds. The molecule has 0 radical (unpaired) electrons. The number of hydrogen-bond acceptors (Lipinski definition) is 4. The highest BCUT2D eigenvalue weighted by molar-refractivity contribution is 5.94. The highest BCUT2D eigenvalue weighted by atomic mass is 16.5. The monoisotopic (exact) mass is 308 g/mol. The van der Waals surface area contributed by atoms with E-state index in [-0.39, 0.29) is 5.91 Å². The van der Waals surface area contributed by atoms with Gasteiger partial charge in [-0.15, -0.1) is 0 Å². The van der Waals surface area contributed by atoms with Crippen LogP contribution in [0.25, 0.3) is 0 Å². The first-order valence-corrected chi connectivity index (χ1v) is 8.14. The molecule has 1 atom stereocenters. The van der Waals surface area contributed by atoms with Crippen LogP contribution in [0.4, 0.5) is 0 Å². The van der Waals surface area contributed by atoms with Crippen molar-refractivity contribution < 1.29 is 9.53 Å². The van der Waals surface area contributed by atoms with Gasteiger partial charge in [0.1, 0.15) is 0 Å². The van der Waals surface area contributed by atoms with E-state index in [9.17, 15) is 4.79 Å². The van der Waals surface area contributed by atoms with Gasteiger partial charge in [-0.25, -0.2) is 0 Å². The summed E-state index contributed by atoms with van der Waals surface area (Å²) < 4.78 is 5.13. The Morgan fingerprint density at radius 3 is 3.14 bits per heavy atom. The van der Waals surface area contributed by atoms with E-state index in [1.165, 1.54) is 0 Å². The standard InChI is InChI=1S/C16H28N4O2/c1-4-5-15-14(10-17-18-15)16(21)19(2)11-13-6-7-20(12-13)8-9-22-3/h10,13H,4-9,11-12H2,1-3H3,(H,17,18)/t13-/m0/s1. The van der Waals surface area contributed by atoms with Gasteiger partial charge < -0.3 is 14.5 Å². The normalized spacial score (nSPS) is 18.8. The summed E-state index contributed by atoms with van der Waals surface area (Å²) in [5.41, 5.74) is 1.67. The molecule has 1 saturated heterocycles. The number of rotatable bonds is 8. The third kappa shape index (κ3) is 4.30. The second kappa shape index (κ2) is 8.29. The molecule has 1 aliphatic rings. The first-order chi connectivity index (χ1) is 10.7. The summed E-state index contributed by atoms with van der Waals surface area (Å²) in [5.74, 6) is 0.625. The van der Waals surface area contributed by atoms with E-state index in [4.69, 9.17) is 4.74 Å². The van der Waals surface area contributed by atoms with Crippen LogP contribution in [0.1, 0.15) is 35.8 Å². The maximum Gasteiger partial charge on any atom is 0.257 e. The van der Waals surface area contributed by atoms with Crippen molar-refractivity contribution in [1.29, 1.82) is 0 Å². The maximum absolute atomic E-state index is 12.6. The van der Waals surface area contributed by atoms with Crippen LogP contribution in [-0.4, -0.2) is 72.8 Å². The van der Waals surface area contributed by atoms with Gasteiger partial charge >= 0.3 is 0 Å². The number of aromatic nitrogens is 2. The van der Waals surface area contributed by atoms with Gasteiger partial charge in [0.2, 0.25) is 0 Å². The SMILES string of the molecule is CCCc1[nH]ncc1C(=O)N(C)C[C@@H]1CCN(CCOC)C1. The molecule has 0 unspecified atom stereocenters. The average molecular weight is 308 g/mol. The number of carbonyl (C=O) groups is 1. The van der Waals surface area contributed by atoms with Crippen LogP contribution in [0.3, 0.4) is 0 Å². The Morgan fingerprint density at radius 2 is 2.41 bits per heavy atom. The predicted molar refractivity (Wildman–Crippen MR) is 86.0 cm³/mol. The Bertz CT molecular complexity index is 474. The van der Waals surface area contributed by atoms with Gasteiger partial charge in [-0.1, -0.05) is 13.3 Å². The number of H-pyrrole nitrogens is 1. The van der Waals surface area contributed by atoms with Crippen molar-refractivity contribution in [3.8, 4) is 0 Å². The number of aromatic amines is 1. The minimum absolute atomic E-state index is 0.0764. The molecule has 1 N–H and O–H groups in total. The van der Waals surface area contributed by atoms with Crippen molar-refractivity contribution in [1.82, 2.24) is 20.0 Å². The first-order valence-electron chi connectivity index (χ1n) is 8.14. The summed E-state index contributed by atoms with van der Waals surface area (Å²) in [7, 11) is 3.63. The molecular formula is C16H28N4O2. The van der Waals surface area contributed by atoms with Gasteiger partial charge in [0.15, 0.2) is 0 Å². The van der Waals surface area contributed by atoms with Crippen LogP contribution in [0.15, 0.2) is 6.20 Å². The number of likely N-dealkylation sites (tertiary alicyclic amines) is 1. The lowest BCUT2D eigenvalue weighted by Crippen LogP contribution is -2.34. The molecule has 124 valence electrons. The highest BCUT2D eigenvalue weighted by Crippen LogP contribution is 2.18. The average Bonchev–Trinajstić information content (AvgIpc) is 3.14. The first kappa shape index (κ1) is 17.0. The zero-order chi connectivity index (χ0) is 15.9. The number of methoxy groups -OCH3 is 1. The van der Waals surface area contributed by atoms with Crippen molar-refractivity contribution in [2.45, 2.75) is 26.2 Å². The summed E-state index contributed by atoms with van der Waals surface area (Å²) in [6, 6.07) is 0. The summed E-state index contributed by atoms with van der Waals surface area (Å²) in [5, 5.41) is 6.97. The predicted octanol–water partition coefficient (Wildman–Crippen LogP) is 1.40. The lowest BCUT2D eigenvalue weighted by atomic mass is 10.1. The van der Waals surface area contributed by atoms with Gasteiger partial charge in [0, 0.05) is 39.5 Å². The van der Waals surface area contributed by atoms with E-state index >= 15 is 0 Å². The zero-order valence-corrected chi connectivity index (χ0v) is 14.0. The third-order valence-electron chi connectivity index (χ3n) is 4.31. The van der Waals surface area contributed by atoms with Crippen molar-refractivity contribution in [2.75, 3.05) is 46.9 Å². The van der Waals surface area contributed by atoms with Crippen LogP contribution in [0.5, 0.6) is 0 Å². The second-order valence-corrected chi connectivity index (χ2v) is 6.15. The van der Waals surface area contributed by atoms with Crippen molar-refractivity contribution >= 4 is 5.91 Å². The van der Waals surface area contributed by atoms with Gasteiger partial charge in [-0.2, -0.15) is 5.10 Å². The second-order valence-electron chi connectivity index (χ2n) is 6.15. The Balaban J connectivity index is 1.85. The van der Waals surface area contributed by atoms with E-state index in [1.807, 2.05) is 11.9 Å². The fourth-order valence-corrected chi connectivity index (χ4v) is 3.10. The number of hydrogen-bond donors (Lipinski definition) is 1. The van der Waals surface area contributed by atoms with Gasteiger partial charge in [0.25, 0.3) is 5.91 Å². The van der Waals surface area contributed by atoms with Crippen LogP contribution < -0.4 is 0 Å². The van der Waals surface area contributed by atoms with Gasteiger partial charge in [-0.3, -0.25) is 9.89 Å². The lowest BCUT2D eigenvalue weighted by molar-refractivity contribution is 0.0771. The number of ether oxygens (including phenoxy) is 1. The number of amides is 1. The molecule has 2 heterocycles. The molecule has 0 bridgehead atoms. The Hall–Kier alpha value is -1.40. The molecule has 0 aliphatic carbocycles. The van der Waals surface area contributed by atoms with E-state index < -0.39 is 0 Å². The number of nitrogens with one attached hydrogen (secondary N) is 1. The van der Waals surface area contributed by atoms with Crippen molar-refractivity contribution in [2.24, 2.45) is 5.92 Å². The zero-order valence-electron chi connectivity index (χ0n) is 14.0. The Labute approximate surface area is 132 Å². The lowest BCUT2D eigenvalue weighted by Gasteiger charge is -2.22. The van der Waals surface area contributed by atoms with Crippen LogP contribution >= 0.6 is 0 Å².